The summed E-state index contributed by atoms with van der Waals surface area (Å²) in [4.78, 5) is 12.8. The van der Waals surface area contributed by atoms with Crippen molar-refractivity contribution in [1.29, 1.82) is 0 Å². The zero-order valence-corrected chi connectivity index (χ0v) is 45.2. The van der Waals surface area contributed by atoms with Crippen molar-refractivity contribution in [3.05, 3.63) is 23.3 Å². The molecule has 67 heavy (non-hydrogen) atoms. The summed E-state index contributed by atoms with van der Waals surface area (Å²) in [6, 6.07) is 0. The molecule has 376 valence electrons. The molecule has 10 rings (SSSR count). The van der Waals surface area contributed by atoms with Crippen molar-refractivity contribution >= 4 is 23.3 Å². The number of hydrogen-bond donors (Lipinski definition) is 4. The average Bonchev–Trinajstić information content (AvgIpc) is 3.24. The third kappa shape index (κ3) is 7.10. The van der Waals surface area contributed by atoms with Gasteiger partial charge in [-0.3, -0.25) is 4.79 Å². The Kier molecular flexibility index (Phi) is 14.3. The average molecular weight is 937 g/mol. The van der Waals surface area contributed by atoms with Gasteiger partial charge in [-0.05, 0) is 218 Å². The Balaban J connectivity index is 0.000000215. The first-order chi connectivity index (χ1) is 30.1. The molecule has 5 nitrogen and oxygen atoms in total. The molecule has 4 N–H and O–H groups in total. The summed E-state index contributed by atoms with van der Waals surface area (Å²) in [6.07, 6.45) is 25.0. The Bertz CT molecular complexity index is 1970. The normalized spacial score (nSPS) is 54.4. The minimum absolute atomic E-state index is 0. The number of rotatable bonds is 2. The smallest absolute Gasteiger partial charge is 1.00 e. The predicted molar refractivity (Wildman–Crippen MR) is 276 cm³/mol. The van der Waals surface area contributed by atoms with E-state index in [1.165, 1.54) is 69.8 Å². The number of carboxylic acids is 1. The van der Waals surface area contributed by atoms with Crippen LogP contribution in [0.5, 0.6) is 0 Å². The van der Waals surface area contributed by atoms with Gasteiger partial charge in [0.05, 0.1) is 17.6 Å². The van der Waals surface area contributed by atoms with E-state index in [1.54, 1.807) is 5.57 Å². The first-order valence-corrected chi connectivity index (χ1v) is 27.7. The maximum Gasteiger partial charge on any atom is 1.00 e. The number of carbonyl (C=O) groups is 1. The summed E-state index contributed by atoms with van der Waals surface area (Å²) in [6.45, 7) is 34.8. The van der Waals surface area contributed by atoms with Gasteiger partial charge >= 0.3 is 24.8 Å². The number of fused-ring (bicyclic) bond motifs is 14. The summed E-state index contributed by atoms with van der Waals surface area (Å²) >= 11 is 0. The van der Waals surface area contributed by atoms with Crippen LogP contribution in [0.1, 0.15) is 214 Å². The molecule has 0 unspecified atom stereocenters. The molecule has 8 saturated carbocycles. The second-order valence-corrected chi connectivity index (χ2v) is 29.0. The van der Waals surface area contributed by atoms with Crippen LogP contribution in [0.4, 0.5) is 0 Å². The third-order valence-corrected chi connectivity index (χ3v) is 26.8. The molecule has 0 aromatic rings. The first-order valence-electron chi connectivity index (χ1n) is 27.7. The van der Waals surface area contributed by atoms with Crippen LogP contribution in [-0.2, 0) is 4.79 Å². The fourth-order valence-corrected chi connectivity index (χ4v) is 21.7. The van der Waals surface area contributed by atoms with E-state index >= 15 is 0 Å². The van der Waals surface area contributed by atoms with Gasteiger partial charge in [0.25, 0.3) is 0 Å². The van der Waals surface area contributed by atoms with Crippen LogP contribution < -0.4 is 18.9 Å². The van der Waals surface area contributed by atoms with Crippen molar-refractivity contribution < 1.29 is 45.5 Å². The van der Waals surface area contributed by atoms with Gasteiger partial charge in [-0.15, -0.1) is 0 Å². The molecule has 0 aromatic carbocycles. The minimum atomic E-state index is -0.557. The van der Waals surface area contributed by atoms with E-state index in [2.05, 4.69) is 109 Å². The molecule has 0 aliphatic heterocycles. The molecule has 10 aliphatic rings. The number of aliphatic hydroxyl groups is 3. The number of aliphatic carboxylic acids is 1. The zero-order valence-electron chi connectivity index (χ0n) is 46.2. The van der Waals surface area contributed by atoms with Crippen molar-refractivity contribution in [2.45, 2.75) is 225 Å². The molecule has 0 heterocycles. The Hall–Kier alpha value is -0.0401. The summed E-state index contributed by atoms with van der Waals surface area (Å²) < 4.78 is 0. The van der Waals surface area contributed by atoms with Crippen LogP contribution in [-0.4, -0.2) is 62.6 Å². The zero-order chi connectivity index (χ0) is 47.5. The van der Waals surface area contributed by atoms with Crippen LogP contribution in [0, 0.1) is 113 Å². The van der Waals surface area contributed by atoms with Gasteiger partial charge in [0, 0.05) is 12.0 Å². The van der Waals surface area contributed by atoms with Gasteiger partial charge in [0.15, 0.2) is 17.4 Å². The van der Waals surface area contributed by atoms with Gasteiger partial charge in [-0.2, -0.15) is 0 Å². The fraction of sp³-hybridized carbons (Fsp3) is 0.917. The van der Waals surface area contributed by atoms with E-state index in [0.29, 0.717) is 64.8 Å². The molecule has 7 heteroatoms. The molecule has 0 spiro atoms. The molecule has 0 amide bonds. The second kappa shape index (κ2) is 17.5. The Morgan fingerprint density at radius 2 is 0.970 bits per heavy atom. The van der Waals surface area contributed by atoms with Crippen molar-refractivity contribution in [2.24, 2.45) is 113 Å². The molecule has 20 atom stereocenters. The SMILES string of the molecule is C[C@H]1[C@H](C)CC[C@]2(C(=O)O)CC[C@]3(C)C(=CC[C@@H]4[C@@]5(C)CC[C@H](O)C(C)(C)[C@@H]5CC[C@]43C)[C@H]12.C[C@H]1[C@H](C)CC[C@]2(CO)CC[C@]3(C)C(=CC[C@@H]4[C@@]5(C)CC[C@H](O)C(C)(C)[C@@H]5CC[C@]43C)[C@H]12.[AlH3].[H-].[Li+]. The van der Waals surface area contributed by atoms with E-state index < -0.39 is 11.4 Å². The van der Waals surface area contributed by atoms with Crippen molar-refractivity contribution in [1.82, 2.24) is 0 Å². The standard InChI is InChI=1S/C30H48O3.C30H50O2.Al.Li.4H/c1-18-10-15-30(25(32)33)17-16-28(6)20(24(30)19(18)2)8-9-22-27(5)13-12-23(31)26(3,4)21(27)11-14-29(22,28)7;1-19-10-15-30(18-31)17-16-28(6)21(25(30)20(19)2)8-9-23-27(5)13-12-24(32)26(3,4)22(27)11-14-29(23,28)7;;;;;;/h8,18-19,21-24,31H,9-17H2,1-7H3,(H,32,33);8,19-20,22-25,31-32H,9-18H2,1-7H3;;;;;;/q;;;+1;;;;-1/t18-,19+,21+,22-,23+,24+,27+,28-,29-,30+;19-,20+,22+,23-,24+,25+,27+,28-,29-,30-;;;;;;/m11....../s1. The van der Waals surface area contributed by atoms with Crippen LogP contribution >= 0.6 is 0 Å². The van der Waals surface area contributed by atoms with E-state index in [0.717, 1.165) is 57.3 Å². The van der Waals surface area contributed by atoms with E-state index in [-0.39, 0.29) is 93.7 Å². The van der Waals surface area contributed by atoms with Crippen LogP contribution in [0.25, 0.3) is 0 Å². The van der Waals surface area contributed by atoms with Crippen LogP contribution in [0.15, 0.2) is 23.3 Å². The summed E-state index contributed by atoms with van der Waals surface area (Å²) in [5, 5.41) is 43.0. The molecule has 10 aliphatic carbocycles. The second-order valence-electron chi connectivity index (χ2n) is 29.0. The van der Waals surface area contributed by atoms with Gasteiger partial charge in [-0.25, -0.2) is 0 Å². The molecular weight excluding hydrogens is 835 g/mol. The van der Waals surface area contributed by atoms with Gasteiger partial charge in [-0.1, -0.05) is 120 Å². The Labute approximate surface area is 434 Å². The van der Waals surface area contributed by atoms with E-state index in [1.807, 2.05) is 0 Å². The topological polar surface area (TPSA) is 98.0 Å². The molecule has 0 saturated heterocycles. The van der Waals surface area contributed by atoms with E-state index in [9.17, 15) is 25.2 Å². The van der Waals surface area contributed by atoms with Crippen molar-refractivity contribution in [3.8, 4) is 0 Å². The summed E-state index contributed by atoms with van der Waals surface area (Å²) in [7, 11) is 0. The molecule has 0 bridgehead atoms. The maximum absolute atomic E-state index is 12.8. The minimum Gasteiger partial charge on any atom is -1.00 e. The predicted octanol–water partition coefficient (Wildman–Crippen LogP) is 10.0. The molecule has 8 fully saturated rings. The fourth-order valence-electron chi connectivity index (χ4n) is 21.7. The van der Waals surface area contributed by atoms with Gasteiger partial charge in [0.1, 0.15) is 0 Å². The molecule has 0 aromatic heterocycles. The number of allylic oxidation sites excluding steroid dienone is 4. The van der Waals surface area contributed by atoms with Gasteiger partial charge < -0.3 is 21.9 Å². The molecule has 0 radical (unpaired) electrons. The van der Waals surface area contributed by atoms with Crippen molar-refractivity contribution in [2.75, 3.05) is 6.61 Å². The Morgan fingerprint density at radius 1 is 0.552 bits per heavy atom. The van der Waals surface area contributed by atoms with E-state index in [4.69, 9.17) is 0 Å². The first kappa shape index (κ1) is 54.7. The number of aliphatic hydroxyl groups excluding tert-OH is 3. The third-order valence-electron chi connectivity index (χ3n) is 26.8. The van der Waals surface area contributed by atoms with Crippen LogP contribution in [0.2, 0.25) is 0 Å². The number of carboxylic acid groups (broad SMARTS) is 1. The molecular formula is C60H102AlLiO5. The summed E-state index contributed by atoms with van der Waals surface area (Å²) in [5.74, 6) is 5.12. The maximum atomic E-state index is 12.8. The Morgan fingerprint density at radius 3 is 1.42 bits per heavy atom. The summed E-state index contributed by atoms with van der Waals surface area (Å²) in [5.41, 5.74) is 4.23. The number of hydrogen-bond acceptors (Lipinski definition) is 4. The van der Waals surface area contributed by atoms with Gasteiger partial charge in [0.2, 0.25) is 0 Å². The van der Waals surface area contributed by atoms with Crippen LogP contribution in [0.3, 0.4) is 0 Å². The quantitative estimate of drug-likeness (QED) is 0.163. The largest absolute Gasteiger partial charge is 1.00 e. The monoisotopic (exact) mass is 937 g/mol. The van der Waals surface area contributed by atoms with Crippen molar-refractivity contribution in [3.63, 3.8) is 0 Å².